The molecule has 5 atom stereocenters. The quantitative estimate of drug-likeness (QED) is 0.721. The van der Waals surface area contributed by atoms with Crippen molar-refractivity contribution in [1.29, 1.82) is 0 Å². The summed E-state index contributed by atoms with van der Waals surface area (Å²) in [5.74, 6) is 1.93. The van der Waals surface area contributed by atoms with E-state index in [0.717, 1.165) is 5.92 Å². The number of fused-ring (bicyclic) bond motifs is 1. The van der Waals surface area contributed by atoms with Crippen LogP contribution in [0.5, 0.6) is 0 Å². The topological polar surface area (TPSA) is 20.2 Å². The SMILES string of the molecule is CC(C)=CCC[C@@]1(C)[C@@H]2[C@H](O)[C@H](C)CC[C@@H]21. The Hall–Kier alpha value is -0.300. The van der Waals surface area contributed by atoms with Crippen LogP contribution in [-0.2, 0) is 0 Å². The molecule has 0 aliphatic heterocycles. The lowest BCUT2D eigenvalue weighted by Crippen LogP contribution is -2.25. The molecule has 1 N–H and O–H groups in total. The summed E-state index contributed by atoms with van der Waals surface area (Å²) in [5, 5.41) is 10.2. The summed E-state index contributed by atoms with van der Waals surface area (Å²) in [6.07, 6.45) is 7.32. The molecule has 2 aliphatic carbocycles. The number of hydrogen-bond acceptors (Lipinski definition) is 1. The molecular formula is C15H26O. The molecule has 0 bridgehead atoms. The van der Waals surface area contributed by atoms with Crippen LogP contribution < -0.4 is 0 Å². The Labute approximate surface area is 99.9 Å². The van der Waals surface area contributed by atoms with E-state index < -0.39 is 0 Å². The lowest BCUT2D eigenvalue weighted by Gasteiger charge is -2.23. The summed E-state index contributed by atoms with van der Waals surface area (Å²) >= 11 is 0. The normalized spacial score (nSPS) is 46.1. The predicted octanol–water partition coefficient (Wildman–Crippen LogP) is 3.78. The van der Waals surface area contributed by atoms with E-state index in [2.05, 4.69) is 33.8 Å². The highest BCUT2D eigenvalue weighted by molar-refractivity contribution is 5.14. The summed E-state index contributed by atoms with van der Waals surface area (Å²) < 4.78 is 0. The minimum atomic E-state index is -0.0320. The number of rotatable bonds is 3. The van der Waals surface area contributed by atoms with E-state index in [1.807, 2.05) is 0 Å². The number of aliphatic hydroxyl groups excluding tert-OH is 1. The lowest BCUT2D eigenvalue weighted by molar-refractivity contribution is 0.0599. The van der Waals surface area contributed by atoms with Crippen LogP contribution in [0.2, 0.25) is 0 Å². The van der Waals surface area contributed by atoms with Crippen molar-refractivity contribution in [2.45, 2.75) is 59.5 Å². The van der Waals surface area contributed by atoms with Gasteiger partial charge in [0, 0.05) is 0 Å². The average Bonchev–Trinajstić information content (AvgIpc) is 2.78. The van der Waals surface area contributed by atoms with E-state index in [1.54, 1.807) is 0 Å². The molecule has 92 valence electrons. The fraction of sp³-hybridized carbons (Fsp3) is 0.867. The van der Waals surface area contributed by atoms with Crippen molar-refractivity contribution in [3.8, 4) is 0 Å². The molecule has 0 radical (unpaired) electrons. The maximum atomic E-state index is 10.2. The van der Waals surface area contributed by atoms with Gasteiger partial charge in [0.1, 0.15) is 0 Å². The predicted molar refractivity (Wildman–Crippen MR) is 68.2 cm³/mol. The van der Waals surface area contributed by atoms with E-state index in [1.165, 1.54) is 31.3 Å². The van der Waals surface area contributed by atoms with E-state index in [0.29, 0.717) is 17.3 Å². The van der Waals surface area contributed by atoms with Gasteiger partial charge in [0.2, 0.25) is 0 Å². The lowest BCUT2D eigenvalue weighted by atomic mass is 9.88. The molecular weight excluding hydrogens is 196 g/mol. The summed E-state index contributed by atoms with van der Waals surface area (Å²) in [6.45, 7) is 8.93. The van der Waals surface area contributed by atoms with Gasteiger partial charge in [0.25, 0.3) is 0 Å². The van der Waals surface area contributed by atoms with Crippen LogP contribution in [0.3, 0.4) is 0 Å². The Kier molecular flexibility index (Phi) is 3.18. The van der Waals surface area contributed by atoms with Crippen molar-refractivity contribution in [3.05, 3.63) is 11.6 Å². The van der Waals surface area contributed by atoms with Crippen LogP contribution >= 0.6 is 0 Å². The maximum absolute atomic E-state index is 10.2. The van der Waals surface area contributed by atoms with E-state index in [-0.39, 0.29) is 6.10 Å². The highest BCUT2D eigenvalue weighted by Crippen LogP contribution is 2.68. The Morgan fingerprint density at radius 2 is 2.06 bits per heavy atom. The van der Waals surface area contributed by atoms with Gasteiger partial charge in [-0.15, -0.1) is 0 Å². The first kappa shape index (κ1) is 12.2. The van der Waals surface area contributed by atoms with Crippen molar-refractivity contribution >= 4 is 0 Å². The summed E-state index contributed by atoms with van der Waals surface area (Å²) in [5.41, 5.74) is 1.86. The van der Waals surface area contributed by atoms with Gasteiger partial charge in [0.15, 0.2) is 0 Å². The van der Waals surface area contributed by atoms with E-state index >= 15 is 0 Å². The molecule has 0 saturated heterocycles. The molecule has 2 saturated carbocycles. The first-order chi connectivity index (χ1) is 7.47. The molecule has 2 rings (SSSR count). The molecule has 1 nitrogen and oxygen atoms in total. The van der Waals surface area contributed by atoms with Crippen molar-refractivity contribution < 1.29 is 5.11 Å². The monoisotopic (exact) mass is 222 g/mol. The third kappa shape index (κ3) is 1.95. The zero-order valence-corrected chi connectivity index (χ0v) is 11.2. The number of aliphatic hydroxyl groups is 1. The first-order valence-corrected chi connectivity index (χ1v) is 6.78. The molecule has 0 spiro atoms. The Morgan fingerprint density at radius 3 is 2.69 bits per heavy atom. The minimum Gasteiger partial charge on any atom is -0.393 e. The van der Waals surface area contributed by atoms with Crippen molar-refractivity contribution in [2.24, 2.45) is 23.2 Å². The fourth-order valence-corrected chi connectivity index (χ4v) is 3.83. The smallest absolute Gasteiger partial charge is 0.0602 e. The van der Waals surface area contributed by atoms with Gasteiger partial charge in [-0.3, -0.25) is 0 Å². The second kappa shape index (κ2) is 4.18. The van der Waals surface area contributed by atoms with E-state index in [4.69, 9.17) is 0 Å². The third-order valence-electron chi connectivity index (χ3n) is 5.05. The summed E-state index contributed by atoms with van der Waals surface area (Å²) in [7, 11) is 0. The summed E-state index contributed by atoms with van der Waals surface area (Å²) in [4.78, 5) is 0. The highest BCUT2D eigenvalue weighted by Gasteiger charge is 2.64. The van der Waals surface area contributed by atoms with Crippen LogP contribution in [0.1, 0.15) is 53.4 Å². The fourth-order valence-electron chi connectivity index (χ4n) is 3.83. The molecule has 0 aromatic heterocycles. The Balaban J connectivity index is 1.93. The standard InChI is InChI=1S/C15H26O/c1-10(2)6-5-9-15(4)12-8-7-11(3)14(16)13(12)15/h6,11-14,16H,5,7-9H2,1-4H3/t11-,12+,13+,14-,15-/m1/s1. The Bertz CT molecular complexity index is 290. The van der Waals surface area contributed by atoms with Gasteiger partial charge >= 0.3 is 0 Å². The molecule has 0 heterocycles. The van der Waals surface area contributed by atoms with Crippen molar-refractivity contribution in [2.75, 3.05) is 0 Å². The molecule has 0 unspecified atom stereocenters. The highest BCUT2D eigenvalue weighted by atomic mass is 16.3. The molecule has 2 aliphatic rings. The average molecular weight is 222 g/mol. The van der Waals surface area contributed by atoms with Gasteiger partial charge in [-0.2, -0.15) is 0 Å². The zero-order chi connectivity index (χ0) is 11.9. The maximum Gasteiger partial charge on any atom is 0.0602 e. The third-order valence-corrected chi connectivity index (χ3v) is 5.05. The molecule has 2 fully saturated rings. The van der Waals surface area contributed by atoms with Crippen LogP contribution in [-0.4, -0.2) is 11.2 Å². The summed E-state index contributed by atoms with van der Waals surface area (Å²) in [6, 6.07) is 0. The first-order valence-electron chi connectivity index (χ1n) is 6.78. The minimum absolute atomic E-state index is 0.0320. The van der Waals surface area contributed by atoms with Crippen molar-refractivity contribution in [1.82, 2.24) is 0 Å². The second-order valence-electron chi connectivity index (χ2n) is 6.50. The molecule has 16 heavy (non-hydrogen) atoms. The number of allylic oxidation sites excluding steroid dienone is 2. The second-order valence-corrected chi connectivity index (χ2v) is 6.50. The van der Waals surface area contributed by atoms with Crippen LogP contribution in [0.15, 0.2) is 11.6 Å². The van der Waals surface area contributed by atoms with Gasteiger partial charge < -0.3 is 5.11 Å². The van der Waals surface area contributed by atoms with Crippen LogP contribution in [0.25, 0.3) is 0 Å². The zero-order valence-electron chi connectivity index (χ0n) is 11.2. The number of hydrogen-bond donors (Lipinski definition) is 1. The molecule has 0 aromatic rings. The van der Waals surface area contributed by atoms with Gasteiger partial charge in [-0.1, -0.05) is 25.5 Å². The largest absolute Gasteiger partial charge is 0.393 e. The van der Waals surface area contributed by atoms with Gasteiger partial charge in [0.05, 0.1) is 6.10 Å². The van der Waals surface area contributed by atoms with Gasteiger partial charge in [-0.25, -0.2) is 0 Å². The van der Waals surface area contributed by atoms with Gasteiger partial charge in [-0.05, 0) is 62.7 Å². The van der Waals surface area contributed by atoms with Crippen molar-refractivity contribution in [3.63, 3.8) is 0 Å². The van der Waals surface area contributed by atoms with Crippen LogP contribution in [0.4, 0.5) is 0 Å². The van der Waals surface area contributed by atoms with Crippen LogP contribution in [0, 0.1) is 23.2 Å². The molecule has 0 aromatic carbocycles. The molecule has 0 amide bonds. The Morgan fingerprint density at radius 1 is 1.38 bits per heavy atom. The van der Waals surface area contributed by atoms with E-state index in [9.17, 15) is 5.11 Å². The molecule has 1 heteroatoms.